The Morgan fingerprint density at radius 1 is 1.33 bits per heavy atom. The molecule has 1 heterocycles. The number of rotatable bonds is 3. The van der Waals surface area contributed by atoms with Crippen LogP contribution in [0.25, 0.3) is 0 Å². The van der Waals surface area contributed by atoms with E-state index in [1.807, 2.05) is 29.6 Å². The zero-order valence-corrected chi connectivity index (χ0v) is 12.5. The summed E-state index contributed by atoms with van der Waals surface area (Å²) in [5.74, 6) is 0.684. The number of esters is 1. The molecule has 1 aromatic heterocycles. The van der Waals surface area contributed by atoms with E-state index in [-0.39, 0.29) is 5.97 Å². The van der Waals surface area contributed by atoms with Gasteiger partial charge in [-0.3, -0.25) is 0 Å². The average Bonchev–Trinajstić information content (AvgIpc) is 2.85. The summed E-state index contributed by atoms with van der Waals surface area (Å²) >= 11 is 4.81. The van der Waals surface area contributed by atoms with E-state index < -0.39 is 0 Å². The molecule has 2 nitrogen and oxygen atoms in total. The summed E-state index contributed by atoms with van der Waals surface area (Å²) in [6.45, 7) is 4.25. The predicted octanol–water partition coefficient (Wildman–Crippen LogP) is 4.85. The van der Waals surface area contributed by atoms with Crippen LogP contribution in [-0.2, 0) is 0 Å². The van der Waals surface area contributed by atoms with E-state index in [9.17, 15) is 4.79 Å². The summed E-state index contributed by atoms with van der Waals surface area (Å²) in [6, 6.07) is 9.38. The van der Waals surface area contributed by atoms with E-state index >= 15 is 0 Å². The Bertz CT molecular complexity index is 547. The minimum absolute atomic E-state index is 0.317. The summed E-state index contributed by atoms with van der Waals surface area (Å²) in [7, 11) is 0. The predicted molar refractivity (Wildman–Crippen MR) is 77.5 cm³/mol. The average molecular weight is 325 g/mol. The van der Waals surface area contributed by atoms with Crippen LogP contribution in [0.1, 0.15) is 35.0 Å². The molecule has 0 aliphatic carbocycles. The Morgan fingerprint density at radius 2 is 2.11 bits per heavy atom. The number of carbonyl (C=O) groups excluding carboxylic acids is 1. The van der Waals surface area contributed by atoms with Crippen molar-refractivity contribution in [2.24, 2.45) is 0 Å². The minimum atomic E-state index is -0.317. The van der Waals surface area contributed by atoms with Crippen molar-refractivity contribution in [2.45, 2.75) is 19.8 Å². The van der Waals surface area contributed by atoms with Crippen LogP contribution in [0, 0.1) is 0 Å². The standard InChI is InChI=1S/C14H13BrO2S/c1-9(2)10-5-6-12(11(15)8-10)17-14(16)13-4-3-7-18-13/h3-9H,1-2H3. The maximum Gasteiger partial charge on any atom is 0.353 e. The quantitative estimate of drug-likeness (QED) is 0.595. The largest absolute Gasteiger partial charge is 0.421 e. The van der Waals surface area contributed by atoms with Crippen LogP contribution in [0.4, 0.5) is 0 Å². The third-order valence-corrected chi connectivity index (χ3v) is 4.02. The molecule has 4 heteroatoms. The molecule has 0 unspecified atom stereocenters. The Kier molecular flexibility index (Phi) is 4.19. The fourth-order valence-corrected chi connectivity index (χ4v) is 2.58. The summed E-state index contributed by atoms with van der Waals surface area (Å²) in [5.41, 5.74) is 1.21. The first kappa shape index (κ1) is 13.3. The second-order valence-electron chi connectivity index (χ2n) is 4.21. The molecular formula is C14H13BrO2S. The van der Waals surface area contributed by atoms with Gasteiger partial charge >= 0.3 is 5.97 Å². The van der Waals surface area contributed by atoms with Crippen molar-refractivity contribution in [3.05, 3.63) is 50.6 Å². The van der Waals surface area contributed by atoms with Crippen molar-refractivity contribution in [3.63, 3.8) is 0 Å². The molecular weight excluding hydrogens is 312 g/mol. The molecule has 94 valence electrons. The van der Waals surface area contributed by atoms with Crippen LogP contribution >= 0.6 is 27.3 Å². The van der Waals surface area contributed by atoms with Crippen LogP contribution in [-0.4, -0.2) is 5.97 Å². The fraction of sp³-hybridized carbons (Fsp3) is 0.214. The third-order valence-electron chi connectivity index (χ3n) is 2.55. The molecule has 0 atom stereocenters. The summed E-state index contributed by atoms with van der Waals surface area (Å²) in [4.78, 5) is 12.4. The van der Waals surface area contributed by atoms with Crippen molar-refractivity contribution in [1.29, 1.82) is 0 Å². The van der Waals surface area contributed by atoms with Gasteiger partial charge in [0.25, 0.3) is 0 Å². The smallest absolute Gasteiger partial charge is 0.353 e. The maximum atomic E-state index is 11.8. The lowest BCUT2D eigenvalue weighted by atomic mass is 10.0. The normalized spacial score (nSPS) is 10.7. The maximum absolute atomic E-state index is 11.8. The van der Waals surface area contributed by atoms with Crippen molar-refractivity contribution in [1.82, 2.24) is 0 Å². The summed E-state index contributed by atoms with van der Waals surface area (Å²) in [6.07, 6.45) is 0. The van der Waals surface area contributed by atoms with Crippen LogP contribution in [0.3, 0.4) is 0 Å². The lowest BCUT2D eigenvalue weighted by molar-refractivity contribution is 0.0738. The van der Waals surface area contributed by atoms with Crippen molar-refractivity contribution in [2.75, 3.05) is 0 Å². The summed E-state index contributed by atoms with van der Waals surface area (Å²) in [5, 5.41) is 1.85. The first-order valence-electron chi connectivity index (χ1n) is 5.63. The van der Waals surface area contributed by atoms with Gasteiger partial charge in [0.05, 0.1) is 4.47 Å². The Balaban J connectivity index is 2.17. The van der Waals surface area contributed by atoms with Crippen LogP contribution in [0.5, 0.6) is 5.75 Å². The van der Waals surface area contributed by atoms with Crippen molar-refractivity contribution >= 4 is 33.2 Å². The minimum Gasteiger partial charge on any atom is -0.421 e. The second kappa shape index (κ2) is 5.67. The molecule has 0 bridgehead atoms. The van der Waals surface area contributed by atoms with Gasteiger partial charge in [-0.1, -0.05) is 26.0 Å². The number of hydrogen-bond donors (Lipinski definition) is 0. The van der Waals surface area contributed by atoms with Gasteiger partial charge in [0.2, 0.25) is 0 Å². The Labute approximate surface area is 119 Å². The number of carbonyl (C=O) groups is 1. The molecule has 0 radical (unpaired) electrons. The molecule has 2 rings (SSSR count). The summed E-state index contributed by atoms with van der Waals surface area (Å²) < 4.78 is 6.15. The molecule has 0 saturated heterocycles. The number of halogens is 1. The lowest BCUT2D eigenvalue weighted by Gasteiger charge is -2.09. The molecule has 18 heavy (non-hydrogen) atoms. The van der Waals surface area contributed by atoms with E-state index in [0.29, 0.717) is 16.5 Å². The molecule has 0 saturated carbocycles. The molecule has 0 spiro atoms. The number of benzene rings is 1. The van der Waals surface area contributed by atoms with Gasteiger partial charge in [0, 0.05) is 0 Å². The van der Waals surface area contributed by atoms with E-state index in [1.165, 1.54) is 16.9 Å². The molecule has 0 amide bonds. The zero-order valence-electron chi connectivity index (χ0n) is 10.1. The van der Waals surface area contributed by atoms with E-state index in [4.69, 9.17) is 4.74 Å². The molecule has 0 aliphatic rings. The highest BCUT2D eigenvalue weighted by Crippen LogP contribution is 2.29. The van der Waals surface area contributed by atoms with Crippen LogP contribution < -0.4 is 4.74 Å². The van der Waals surface area contributed by atoms with Crippen LogP contribution in [0.2, 0.25) is 0 Å². The second-order valence-corrected chi connectivity index (χ2v) is 6.01. The highest BCUT2D eigenvalue weighted by atomic mass is 79.9. The van der Waals surface area contributed by atoms with Gasteiger partial charge in [-0.25, -0.2) is 4.79 Å². The molecule has 1 aromatic carbocycles. The van der Waals surface area contributed by atoms with Gasteiger partial charge < -0.3 is 4.74 Å². The Hall–Kier alpha value is -1.13. The zero-order chi connectivity index (χ0) is 13.1. The molecule has 0 aliphatic heterocycles. The monoisotopic (exact) mass is 324 g/mol. The first-order chi connectivity index (χ1) is 8.58. The highest BCUT2D eigenvalue weighted by Gasteiger charge is 2.12. The Morgan fingerprint density at radius 3 is 2.67 bits per heavy atom. The fourth-order valence-electron chi connectivity index (χ4n) is 1.50. The van der Waals surface area contributed by atoms with Gasteiger partial charge in [0.1, 0.15) is 10.6 Å². The lowest BCUT2D eigenvalue weighted by Crippen LogP contribution is -2.06. The number of ether oxygens (including phenoxy) is 1. The van der Waals surface area contributed by atoms with Crippen LogP contribution in [0.15, 0.2) is 40.2 Å². The van der Waals surface area contributed by atoms with Crippen molar-refractivity contribution < 1.29 is 9.53 Å². The number of hydrogen-bond acceptors (Lipinski definition) is 3. The van der Waals surface area contributed by atoms with Gasteiger partial charge in [-0.15, -0.1) is 11.3 Å². The number of thiophene rings is 1. The molecule has 0 fully saturated rings. The van der Waals surface area contributed by atoms with E-state index in [0.717, 1.165) is 4.47 Å². The SMILES string of the molecule is CC(C)c1ccc(OC(=O)c2cccs2)c(Br)c1. The van der Waals surface area contributed by atoms with Crippen molar-refractivity contribution in [3.8, 4) is 5.75 Å². The highest BCUT2D eigenvalue weighted by molar-refractivity contribution is 9.10. The third kappa shape index (κ3) is 3.00. The van der Waals surface area contributed by atoms with E-state index in [2.05, 4.69) is 29.8 Å². The van der Waals surface area contributed by atoms with Gasteiger partial charge in [-0.2, -0.15) is 0 Å². The topological polar surface area (TPSA) is 26.3 Å². The van der Waals surface area contributed by atoms with Gasteiger partial charge in [0.15, 0.2) is 0 Å². The van der Waals surface area contributed by atoms with Gasteiger partial charge in [-0.05, 0) is 51.0 Å². The molecule has 2 aromatic rings. The first-order valence-corrected chi connectivity index (χ1v) is 7.30. The molecule has 0 N–H and O–H groups in total. The van der Waals surface area contributed by atoms with E-state index in [1.54, 1.807) is 6.07 Å².